The van der Waals surface area contributed by atoms with Gasteiger partial charge < -0.3 is 9.73 Å². The van der Waals surface area contributed by atoms with Gasteiger partial charge in [-0.15, -0.1) is 0 Å². The largest absolute Gasteiger partial charge is 0.441 e. The Balaban J connectivity index is 1.67. The molecule has 6 heteroatoms. The zero-order valence-corrected chi connectivity index (χ0v) is 15.3. The van der Waals surface area contributed by atoms with E-state index >= 15 is 0 Å². The van der Waals surface area contributed by atoms with Gasteiger partial charge in [0.05, 0.1) is 6.20 Å². The topological polar surface area (TPSA) is 51.0 Å². The van der Waals surface area contributed by atoms with Crippen molar-refractivity contribution in [2.75, 3.05) is 5.32 Å². The van der Waals surface area contributed by atoms with Gasteiger partial charge in [-0.05, 0) is 30.3 Å². The summed E-state index contributed by atoms with van der Waals surface area (Å²) in [4.78, 5) is 9.66. The highest BCUT2D eigenvalue weighted by molar-refractivity contribution is 7.16. The van der Waals surface area contributed by atoms with Crippen LogP contribution in [0.2, 0.25) is 5.02 Å². The summed E-state index contributed by atoms with van der Waals surface area (Å²) in [6.45, 7) is 6.29. The summed E-state index contributed by atoms with van der Waals surface area (Å²) >= 11 is 7.44. The van der Waals surface area contributed by atoms with Crippen LogP contribution in [0, 0.1) is 0 Å². The maximum atomic E-state index is 5.88. The smallest absolute Gasteiger partial charge is 0.218 e. The van der Waals surface area contributed by atoms with Crippen LogP contribution < -0.4 is 5.32 Å². The van der Waals surface area contributed by atoms with Crippen molar-refractivity contribution in [2.45, 2.75) is 26.2 Å². The first kappa shape index (κ1) is 16.7. The van der Waals surface area contributed by atoms with Crippen LogP contribution >= 0.6 is 22.9 Å². The molecule has 124 valence electrons. The zero-order chi connectivity index (χ0) is 17.2. The summed E-state index contributed by atoms with van der Waals surface area (Å²) in [6.07, 6.45) is 7.39. The monoisotopic (exact) mass is 359 g/mol. The highest BCUT2D eigenvalue weighted by Gasteiger charge is 2.18. The molecule has 0 aliphatic rings. The van der Waals surface area contributed by atoms with Crippen LogP contribution in [0.3, 0.4) is 0 Å². The van der Waals surface area contributed by atoms with Crippen molar-refractivity contribution in [1.29, 1.82) is 0 Å². The third kappa shape index (κ3) is 4.24. The average molecular weight is 360 g/mol. The number of hydrogen-bond acceptors (Lipinski definition) is 5. The summed E-state index contributed by atoms with van der Waals surface area (Å²) in [5.74, 6) is 1.47. The van der Waals surface area contributed by atoms with E-state index in [1.807, 2.05) is 42.6 Å². The molecule has 0 aliphatic carbocycles. The predicted octanol–water partition coefficient (Wildman–Crippen LogP) is 6.00. The number of thiazole rings is 1. The molecule has 1 N–H and O–H groups in total. The lowest BCUT2D eigenvalue weighted by Crippen LogP contribution is -2.09. The van der Waals surface area contributed by atoms with E-state index in [-0.39, 0.29) is 5.41 Å². The second-order valence-electron chi connectivity index (χ2n) is 6.35. The van der Waals surface area contributed by atoms with E-state index < -0.39 is 0 Å². The maximum absolute atomic E-state index is 5.88. The van der Waals surface area contributed by atoms with Crippen molar-refractivity contribution in [3.05, 3.63) is 58.2 Å². The Kier molecular flexibility index (Phi) is 4.73. The highest BCUT2D eigenvalue weighted by Crippen LogP contribution is 2.26. The summed E-state index contributed by atoms with van der Waals surface area (Å²) in [5, 5.41) is 4.78. The van der Waals surface area contributed by atoms with E-state index in [0.29, 0.717) is 10.9 Å². The van der Waals surface area contributed by atoms with Crippen LogP contribution in [0.1, 0.15) is 37.3 Å². The van der Waals surface area contributed by atoms with Gasteiger partial charge in [0.25, 0.3) is 0 Å². The minimum Gasteiger partial charge on any atom is -0.441 e. The van der Waals surface area contributed by atoms with Gasteiger partial charge in [0.15, 0.2) is 5.13 Å². The number of hydrogen-bond donors (Lipinski definition) is 1. The van der Waals surface area contributed by atoms with Gasteiger partial charge in [-0.2, -0.15) is 0 Å². The van der Waals surface area contributed by atoms with Crippen molar-refractivity contribution in [1.82, 2.24) is 9.97 Å². The van der Waals surface area contributed by atoms with Crippen molar-refractivity contribution < 1.29 is 4.42 Å². The van der Waals surface area contributed by atoms with E-state index in [1.165, 1.54) is 0 Å². The zero-order valence-electron chi connectivity index (χ0n) is 13.7. The lowest BCUT2D eigenvalue weighted by molar-refractivity contribution is 0.403. The molecule has 0 atom stereocenters. The van der Waals surface area contributed by atoms with Gasteiger partial charge in [-0.3, -0.25) is 0 Å². The molecule has 0 saturated carbocycles. The van der Waals surface area contributed by atoms with E-state index in [1.54, 1.807) is 17.5 Å². The molecule has 3 aromatic rings. The van der Waals surface area contributed by atoms with E-state index in [0.717, 1.165) is 21.5 Å². The highest BCUT2D eigenvalue weighted by atomic mass is 35.5. The Morgan fingerprint density at radius 3 is 2.50 bits per heavy atom. The molecule has 0 radical (unpaired) electrons. The van der Waals surface area contributed by atoms with Crippen molar-refractivity contribution >= 4 is 45.9 Å². The first-order valence-electron chi connectivity index (χ1n) is 7.53. The fourth-order valence-electron chi connectivity index (χ4n) is 1.94. The standard InChI is InChI=1S/C18H18ClN3OS/c1-18(2,3)15-11-20-16(23-15)9-8-14-10-21-17(24-14)22-13-6-4-12(19)5-7-13/h4-11H,1-3H3,(H,21,22). The molecule has 0 amide bonds. The van der Waals surface area contributed by atoms with E-state index in [4.69, 9.17) is 16.0 Å². The molecule has 0 fully saturated rings. The van der Waals surface area contributed by atoms with Gasteiger partial charge >= 0.3 is 0 Å². The number of nitrogens with one attached hydrogen (secondary N) is 1. The SMILES string of the molecule is CC(C)(C)c1cnc(C=Cc2cnc(Nc3ccc(Cl)cc3)s2)o1. The van der Waals surface area contributed by atoms with Crippen LogP contribution in [0.25, 0.3) is 12.2 Å². The first-order chi connectivity index (χ1) is 11.4. The fourth-order valence-corrected chi connectivity index (χ4v) is 2.81. The van der Waals surface area contributed by atoms with Gasteiger partial charge in [0, 0.05) is 33.3 Å². The van der Waals surface area contributed by atoms with Gasteiger partial charge in [-0.1, -0.05) is 43.7 Å². The van der Waals surface area contributed by atoms with E-state index in [2.05, 4.69) is 36.1 Å². The average Bonchev–Trinajstić information content (AvgIpc) is 3.16. The number of benzene rings is 1. The van der Waals surface area contributed by atoms with Gasteiger partial charge in [0.1, 0.15) is 5.76 Å². The Hall–Kier alpha value is -2.11. The number of oxazole rings is 1. The summed E-state index contributed by atoms with van der Waals surface area (Å²) in [6, 6.07) is 7.52. The van der Waals surface area contributed by atoms with Crippen LogP contribution in [0.4, 0.5) is 10.8 Å². The Labute approximate surface area is 150 Å². The molecule has 0 unspecified atom stereocenters. The second kappa shape index (κ2) is 6.79. The van der Waals surface area contributed by atoms with Gasteiger partial charge in [-0.25, -0.2) is 9.97 Å². The number of anilines is 2. The Bertz CT molecular complexity index is 844. The van der Waals surface area contributed by atoms with Gasteiger partial charge in [0.2, 0.25) is 5.89 Å². The van der Waals surface area contributed by atoms with Crippen LogP contribution in [0.15, 0.2) is 41.1 Å². The molecule has 3 rings (SSSR count). The molecule has 24 heavy (non-hydrogen) atoms. The van der Waals surface area contributed by atoms with Crippen molar-refractivity contribution in [3.8, 4) is 0 Å². The summed E-state index contributed by atoms with van der Waals surface area (Å²) < 4.78 is 5.74. The maximum Gasteiger partial charge on any atom is 0.218 e. The van der Waals surface area contributed by atoms with Crippen molar-refractivity contribution in [3.63, 3.8) is 0 Å². The lowest BCUT2D eigenvalue weighted by Gasteiger charge is -2.12. The number of rotatable bonds is 4. The molecule has 0 spiro atoms. The van der Waals surface area contributed by atoms with Crippen LogP contribution in [0.5, 0.6) is 0 Å². The minimum absolute atomic E-state index is 0.0424. The Morgan fingerprint density at radius 1 is 1.08 bits per heavy atom. The fraction of sp³-hybridized carbons (Fsp3) is 0.222. The second-order valence-corrected chi connectivity index (χ2v) is 7.84. The van der Waals surface area contributed by atoms with Crippen LogP contribution in [-0.2, 0) is 5.41 Å². The molecule has 2 aromatic heterocycles. The molecule has 2 heterocycles. The van der Waals surface area contributed by atoms with Crippen molar-refractivity contribution in [2.24, 2.45) is 0 Å². The third-order valence-electron chi connectivity index (χ3n) is 3.27. The summed E-state index contributed by atoms with van der Waals surface area (Å²) in [7, 11) is 0. The Morgan fingerprint density at radius 2 is 1.83 bits per heavy atom. The molecular formula is C18H18ClN3OS. The minimum atomic E-state index is -0.0424. The predicted molar refractivity (Wildman–Crippen MR) is 101 cm³/mol. The molecule has 0 saturated heterocycles. The molecule has 4 nitrogen and oxygen atoms in total. The first-order valence-corrected chi connectivity index (χ1v) is 8.72. The van der Waals surface area contributed by atoms with E-state index in [9.17, 15) is 0 Å². The quantitative estimate of drug-likeness (QED) is 0.621. The molecular weight excluding hydrogens is 342 g/mol. The number of halogens is 1. The normalized spacial score (nSPS) is 12.0. The lowest BCUT2D eigenvalue weighted by atomic mass is 9.94. The van der Waals surface area contributed by atoms with Crippen LogP contribution in [-0.4, -0.2) is 9.97 Å². The summed E-state index contributed by atoms with van der Waals surface area (Å²) in [5.41, 5.74) is 0.908. The molecule has 0 bridgehead atoms. The number of nitrogens with zero attached hydrogens (tertiary/aromatic N) is 2. The molecule has 1 aromatic carbocycles. The third-order valence-corrected chi connectivity index (χ3v) is 4.40. The number of aromatic nitrogens is 2. The molecule has 0 aliphatic heterocycles.